The maximum Gasteiger partial charge on any atom is 0.377 e. The van der Waals surface area contributed by atoms with Crippen LogP contribution in [0.1, 0.15) is 10.6 Å². The minimum absolute atomic E-state index is 0.0488. The van der Waals surface area contributed by atoms with Gasteiger partial charge in [-0.15, -0.1) is 5.10 Å². The second-order valence-corrected chi connectivity index (χ2v) is 3.75. The van der Waals surface area contributed by atoms with Crippen LogP contribution in [0.3, 0.4) is 0 Å². The van der Waals surface area contributed by atoms with E-state index in [0.29, 0.717) is 26.3 Å². The van der Waals surface area contributed by atoms with Gasteiger partial charge in [0.1, 0.15) is 12.9 Å². The molecule has 1 saturated heterocycles. The van der Waals surface area contributed by atoms with E-state index in [4.69, 9.17) is 4.74 Å². The van der Waals surface area contributed by atoms with E-state index >= 15 is 0 Å². The van der Waals surface area contributed by atoms with Crippen LogP contribution in [-0.2, 0) is 20.8 Å². The van der Waals surface area contributed by atoms with Crippen molar-refractivity contribution in [2.45, 2.75) is 6.54 Å². The molecule has 1 aliphatic rings. The number of rotatable bonds is 3. The molecule has 98 valence electrons. The lowest BCUT2D eigenvalue weighted by molar-refractivity contribution is -0.136. The fraction of sp³-hybridized carbons (Fsp3) is 0.600. The Kier molecular flexibility index (Phi) is 3.88. The van der Waals surface area contributed by atoms with Crippen molar-refractivity contribution in [1.82, 2.24) is 19.7 Å². The number of carbonyl (C=O) groups excluding carboxylic acids is 2. The fourth-order valence-electron chi connectivity index (χ4n) is 1.61. The Morgan fingerprint density at radius 2 is 2.17 bits per heavy atom. The monoisotopic (exact) mass is 254 g/mol. The van der Waals surface area contributed by atoms with Gasteiger partial charge < -0.3 is 14.4 Å². The lowest BCUT2D eigenvalue weighted by Gasteiger charge is -2.26. The first-order chi connectivity index (χ1) is 8.70. The molecule has 0 aromatic carbocycles. The predicted molar refractivity (Wildman–Crippen MR) is 58.8 cm³/mol. The molecule has 1 aromatic rings. The summed E-state index contributed by atoms with van der Waals surface area (Å²) in [6.07, 6.45) is 1.34. The summed E-state index contributed by atoms with van der Waals surface area (Å²) in [6.45, 7) is 2.33. The van der Waals surface area contributed by atoms with Gasteiger partial charge in [-0.2, -0.15) is 0 Å². The molecule has 18 heavy (non-hydrogen) atoms. The van der Waals surface area contributed by atoms with Gasteiger partial charge in [0.25, 0.3) is 5.82 Å². The summed E-state index contributed by atoms with van der Waals surface area (Å²) in [7, 11) is 1.25. The van der Waals surface area contributed by atoms with E-state index in [1.54, 1.807) is 4.90 Å². The van der Waals surface area contributed by atoms with E-state index in [1.165, 1.54) is 18.1 Å². The second kappa shape index (κ2) is 5.58. The number of esters is 1. The van der Waals surface area contributed by atoms with Crippen LogP contribution in [-0.4, -0.2) is 65.0 Å². The highest BCUT2D eigenvalue weighted by atomic mass is 16.5. The summed E-state index contributed by atoms with van der Waals surface area (Å²) >= 11 is 0. The number of methoxy groups -OCH3 is 1. The van der Waals surface area contributed by atoms with E-state index < -0.39 is 5.97 Å². The van der Waals surface area contributed by atoms with Gasteiger partial charge in [-0.25, -0.2) is 14.5 Å². The molecule has 8 heteroatoms. The zero-order valence-corrected chi connectivity index (χ0v) is 10.0. The Hall–Kier alpha value is -1.96. The van der Waals surface area contributed by atoms with Crippen molar-refractivity contribution in [3.63, 3.8) is 0 Å². The highest BCUT2D eigenvalue weighted by Crippen LogP contribution is 2.00. The van der Waals surface area contributed by atoms with Gasteiger partial charge in [0.2, 0.25) is 5.91 Å². The molecule has 2 rings (SSSR count). The molecule has 1 aromatic heterocycles. The topological polar surface area (TPSA) is 86.5 Å². The number of carbonyl (C=O) groups is 2. The molecule has 1 amide bonds. The highest BCUT2D eigenvalue weighted by Gasteiger charge is 2.18. The molecule has 2 heterocycles. The zero-order chi connectivity index (χ0) is 13.0. The van der Waals surface area contributed by atoms with Crippen molar-refractivity contribution in [1.29, 1.82) is 0 Å². The molecule has 1 aliphatic heterocycles. The molecular weight excluding hydrogens is 240 g/mol. The van der Waals surface area contributed by atoms with Crippen molar-refractivity contribution in [2.24, 2.45) is 0 Å². The molecule has 0 N–H and O–H groups in total. The van der Waals surface area contributed by atoms with Gasteiger partial charge in [-0.1, -0.05) is 0 Å². The Morgan fingerprint density at radius 1 is 1.44 bits per heavy atom. The average molecular weight is 254 g/mol. The van der Waals surface area contributed by atoms with E-state index in [-0.39, 0.29) is 18.3 Å². The van der Waals surface area contributed by atoms with Crippen LogP contribution in [0.5, 0.6) is 0 Å². The van der Waals surface area contributed by atoms with Gasteiger partial charge >= 0.3 is 5.97 Å². The number of morpholine rings is 1. The normalized spacial score (nSPS) is 15.5. The largest absolute Gasteiger partial charge is 0.463 e. The van der Waals surface area contributed by atoms with Crippen molar-refractivity contribution in [3.8, 4) is 0 Å². The molecule has 0 unspecified atom stereocenters. The molecular formula is C10H14N4O4. The van der Waals surface area contributed by atoms with Crippen LogP contribution in [0.15, 0.2) is 6.33 Å². The van der Waals surface area contributed by atoms with E-state index in [1.807, 2.05) is 0 Å². The quantitative estimate of drug-likeness (QED) is 0.638. The highest BCUT2D eigenvalue weighted by molar-refractivity contribution is 5.84. The molecule has 0 spiro atoms. The first kappa shape index (κ1) is 12.5. The van der Waals surface area contributed by atoms with Gasteiger partial charge in [0.15, 0.2) is 0 Å². The van der Waals surface area contributed by atoms with Crippen molar-refractivity contribution < 1.29 is 19.1 Å². The van der Waals surface area contributed by atoms with Crippen LogP contribution in [0.25, 0.3) is 0 Å². The minimum atomic E-state index is -0.618. The third-order valence-corrected chi connectivity index (χ3v) is 2.57. The zero-order valence-electron chi connectivity index (χ0n) is 10.0. The lowest BCUT2D eigenvalue weighted by atomic mass is 10.4. The summed E-state index contributed by atoms with van der Waals surface area (Å²) in [5.74, 6) is -0.737. The standard InChI is InChI=1S/C10H14N4O4/c1-17-10(16)9-11-7-14(12-9)6-8(15)13-2-4-18-5-3-13/h7H,2-6H2,1H3. The minimum Gasteiger partial charge on any atom is -0.463 e. The van der Waals surface area contributed by atoms with Gasteiger partial charge in [0, 0.05) is 13.1 Å². The van der Waals surface area contributed by atoms with Crippen molar-refractivity contribution in [2.75, 3.05) is 33.4 Å². The number of ether oxygens (including phenoxy) is 2. The first-order valence-electron chi connectivity index (χ1n) is 5.54. The third-order valence-electron chi connectivity index (χ3n) is 2.57. The van der Waals surface area contributed by atoms with Crippen molar-refractivity contribution >= 4 is 11.9 Å². The second-order valence-electron chi connectivity index (χ2n) is 3.75. The number of hydrogen-bond donors (Lipinski definition) is 0. The Morgan fingerprint density at radius 3 is 2.83 bits per heavy atom. The SMILES string of the molecule is COC(=O)c1ncn(CC(=O)N2CCOCC2)n1. The third kappa shape index (κ3) is 2.83. The molecule has 1 fully saturated rings. The number of hydrogen-bond acceptors (Lipinski definition) is 6. The number of nitrogens with zero attached hydrogens (tertiary/aromatic N) is 4. The smallest absolute Gasteiger partial charge is 0.377 e. The first-order valence-corrected chi connectivity index (χ1v) is 5.54. The van der Waals surface area contributed by atoms with Gasteiger partial charge in [-0.05, 0) is 0 Å². The van der Waals surface area contributed by atoms with E-state index in [0.717, 1.165) is 0 Å². The lowest BCUT2D eigenvalue weighted by Crippen LogP contribution is -2.42. The summed E-state index contributed by atoms with van der Waals surface area (Å²) in [6, 6.07) is 0. The molecule has 0 saturated carbocycles. The van der Waals surface area contributed by atoms with E-state index in [2.05, 4.69) is 14.8 Å². The molecule has 0 radical (unpaired) electrons. The maximum atomic E-state index is 11.9. The van der Waals surface area contributed by atoms with Crippen molar-refractivity contribution in [3.05, 3.63) is 12.2 Å². The summed E-state index contributed by atoms with van der Waals surface area (Å²) < 4.78 is 11.0. The average Bonchev–Trinajstić information content (AvgIpc) is 2.87. The van der Waals surface area contributed by atoms with E-state index in [9.17, 15) is 9.59 Å². The molecule has 8 nitrogen and oxygen atoms in total. The van der Waals surface area contributed by atoms with Gasteiger partial charge in [-0.3, -0.25) is 4.79 Å². The summed E-state index contributed by atoms with van der Waals surface area (Å²) in [4.78, 5) is 28.5. The Labute approximate surface area is 103 Å². The summed E-state index contributed by atoms with van der Waals surface area (Å²) in [5.41, 5.74) is 0. The van der Waals surface area contributed by atoms with Crippen LogP contribution >= 0.6 is 0 Å². The number of amides is 1. The van der Waals surface area contributed by atoms with Gasteiger partial charge in [0.05, 0.1) is 20.3 Å². The Bertz CT molecular complexity index is 439. The molecule has 0 bridgehead atoms. The number of aromatic nitrogens is 3. The van der Waals surface area contributed by atoms with Crippen LogP contribution in [0.4, 0.5) is 0 Å². The predicted octanol–water partition coefficient (Wildman–Crippen LogP) is -1.08. The van der Waals surface area contributed by atoms with Crippen LogP contribution < -0.4 is 0 Å². The summed E-state index contributed by atoms with van der Waals surface area (Å²) in [5, 5.41) is 3.87. The maximum absolute atomic E-state index is 11.9. The molecule has 0 atom stereocenters. The van der Waals surface area contributed by atoms with Crippen LogP contribution in [0.2, 0.25) is 0 Å². The van der Waals surface area contributed by atoms with Crippen LogP contribution in [0, 0.1) is 0 Å². The fourth-order valence-corrected chi connectivity index (χ4v) is 1.61. The molecule has 0 aliphatic carbocycles. The Balaban J connectivity index is 1.94.